The normalized spacial score (nSPS) is 12.7. The number of aromatic nitrogens is 2. The molecule has 1 aliphatic heterocycles. The van der Waals surface area contributed by atoms with Crippen LogP contribution in [0.3, 0.4) is 0 Å². The Hall–Kier alpha value is -3.23. The molecule has 1 aromatic heterocycles. The summed E-state index contributed by atoms with van der Waals surface area (Å²) in [6, 6.07) is 13.0. The van der Waals surface area contributed by atoms with Crippen molar-refractivity contribution in [2.45, 2.75) is 9.79 Å². The minimum atomic E-state index is -0.343. The monoisotopic (exact) mass is 406 g/mol. The summed E-state index contributed by atoms with van der Waals surface area (Å²) in [6.45, 7) is 0.853. The van der Waals surface area contributed by atoms with Crippen LogP contribution in [-0.2, 0) is 4.74 Å². The number of benzene rings is 2. The first-order valence-corrected chi connectivity index (χ1v) is 9.78. The first-order valence-electron chi connectivity index (χ1n) is 8.96. The first-order chi connectivity index (χ1) is 14.2. The van der Waals surface area contributed by atoms with Crippen molar-refractivity contribution in [3.63, 3.8) is 0 Å². The van der Waals surface area contributed by atoms with E-state index in [-0.39, 0.29) is 17.5 Å². The van der Waals surface area contributed by atoms with Gasteiger partial charge in [0.05, 0.1) is 24.1 Å². The Kier molecular flexibility index (Phi) is 5.55. The highest BCUT2D eigenvalue weighted by molar-refractivity contribution is 7.99. The van der Waals surface area contributed by atoms with Crippen LogP contribution < -0.4 is 10.2 Å². The molecule has 0 saturated heterocycles. The van der Waals surface area contributed by atoms with Crippen LogP contribution in [0.4, 0.5) is 11.4 Å². The standard InChI is InChI=1S/C21H18N4O3S/c1-28-11-10-25-17-7-6-14(24-20(26)16-13-22-8-9-23-16)12-19(17)29-18-5-3-2-4-15(18)21(25)27/h2-9,12-13H,10-11H2,1H3,(H,24,26). The summed E-state index contributed by atoms with van der Waals surface area (Å²) < 4.78 is 5.19. The van der Waals surface area contributed by atoms with E-state index in [1.54, 1.807) is 18.1 Å². The summed E-state index contributed by atoms with van der Waals surface area (Å²) in [5.74, 6) is -0.412. The van der Waals surface area contributed by atoms with E-state index in [9.17, 15) is 9.59 Å². The zero-order valence-corrected chi connectivity index (χ0v) is 16.5. The number of rotatable bonds is 5. The number of amides is 2. The van der Waals surface area contributed by atoms with Crippen molar-refractivity contribution in [3.05, 3.63) is 72.3 Å². The fourth-order valence-corrected chi connectivity index (χ4v) is 4.14. The topological polar surface area (TPSA) is 84.4 Å². The Balaban J connectivity index is 1.69. The third-order valence-corrected chi connectivity index (χ3v) is 5.53. The SMILES string of the molecule is COCCN1C(=O)c2ccccc2Sc2cc(NC(=O)c3cnccn3)ccc21. The van der Waals surface area contributed by atoms with Crippen molar-refractivity contribution < 1.29 is 14.3 Å². The quantitative estimate of drug-likeness (QED) is 0.698. The zero-order chi connectivity index (χ0) is 20.2. The molecule has 0 spiro atoms. The molecule has 2 aromatic carbocycles. The van der Waals surface area contributed by atoms with Crippen LogP contribution in [0.1, 0.15) is 20.8 Å². The minimum Gasteiger partial charge on any atom is -0.383 e. The second-order valence-corrected chi connectivity index (χ2v) is 7.36. The van der Waals surface area contributed by atoms with Gasteiger partial charge in [0.1, 0.15) is 5.69 Å². The third kappa shape index (κ3) is 3.98. The maximum Gasteiger partial charge on any atom is 0.275 e. The van der Waals surface area contributed by atoms with E-state index >= 15 is 0 Å². The molecule has 3 aromatic rings. The molecule has 0 bridgehead atoms. The molecule has 0 aliphatic carbocycles. The Morgan fingerprint density at radius 3 is 2.83 bits per heavy atom. The molecule has 1 aliphatic rings. The van der Waals surface area contributed by atoms with Gasteiger partial charge in [0.15, 0.2) is 0 Å². The van der Waals surface area contributed by atoms with Crippen LogP contribution >= 0.6 is 11.8 Å². The summed E-state index contributed by atoms with van der Waals surface area (Å²) in [7, 11) is 1.61. The molecular formula is C21H18N4O3S. The summed E-state index contributed by atoms with van der Waals surface area (Å²) in [5.41, 5.74) is 2.28. The highest BCUT2D eigenvalue weighted by Gasteiger charge is 2.27. The maximum atomic E-state index is 13.1. The smallest absolute Gasteiger partial charge is 0.275 e. The van der Waals surface area contributed by atoms with Crippen molar-refractivity contribution in [3.8, 4) is 0 Å². The largest absolute Gasteiger partial charge is 0.383 e. The molecular weight excluding hydrogens is 388 g/mol. The number of anilines is 2. The highest BCUT2D eigenvalue weighted by Crippen LogP contribution is 2.42. The number of hydrogen-bond acceptors (Lipinski definition) is 6. The summed E-state index contributed by atoms with van der Waals surface area (Å²) >= 11 is 1.50. The lowest BCUT2D eigenvalue weighted by Gasteiger charge is -2.23. The van der Waals surface area contributed by atoms with Gasteiger partial charge in [-0.3, -0.25) is 14.6 Å². The predicted octanol–water partition coefficient (Wildman–Crippen LogP) is 3.49. The van der Waals surface area contributed by atoms with Gasteiger partial charge >= 0.3 is 0 Å². The second-order valence-electron chi connectivity index (χ2n) is 6.28. The zero-order valence-electron chi connectivity index (χ0n) is 15.7. The fourth-order valence-electron chi connectivity index (χ4n) is 3.02. The van der Waals surface area contributed by atoms with Gasteiger partial charge in [-0.05, 0) is 30.3 Å². The molecule has 0 radical (unpaired) electrons. The molecule has 7 nitrogen and oxygen atoms in total. The number of nitrogens with one attached hydrogen (secondary N) is 1. The van der Waals surface area contributed by atoms with Crippen molar-refractivity contribution in [1.82, 2.24) is 9.97 Å². The lowest BCUT2D eigenvalue weighted by molar-refractivity contribution is 0.0971. The van der Waals surface area contributed by atoms with Crippen LogP contribution in [0.2, 0.25) is 0 Å². The van der Waals surface area contributed by atoms with Gasteiger partial charge in [0, 0.05) is 41.5 Å². The molecule has 0 saturated carbocycles. The van der Waals surface area contributed by atoms with Crippen LogP contribution in [0.15, 0.2) is 70.8 Å². The van der Waals surface area contributed by atoms with Crippen molar-refractivity contribution in [2.24, 2.45) is 0 Å². The molecule has 2 heterocycles. The summed E-state index contributed by atoms with van der Waals surface area (Å²) in [4.78, 5) is 36.9. The van der Waals surface area contributed by atoms with Crippen LogP contribution in [0.5, 0.6) is 0 Å². The predicted molar refractivity (Wildman–Crippen MR) is 111 cm³/mol. The molecule has 29 heavy (non-hydrogen) atoms. The molecule has 0 atom stereocenters. The lowest BCUT2D eigenvalue weighted by atomic mass is 10.1. The van der Waals surface area contributed by atoms with Gasteiger partial charge in [0.25, 0.3) is 11.8 Å². The van der Waals surface area contributed by atoms with E-state index in [1.807, 2.05) is 36.4 Å². The number of fused-ring (bicyclic) bond motifs is 2. The van der Waals surface area contributed by atoms with Crippen LogP contribution in [0, 0.1) is 0 Å². The number of carbonyl (C=O) groups is 2. The molecule has 146 valence electrons. The molecule has 0 fully saturated rings. The number of methoxy groups -OCH3 is 1. The molecule has 1 N–H and O–H groups in total. The minimum absolute atomic E-state index is 0.0692. The van der Waals surface area contributed by atoms with Crippen LogP contribution in [-0.4, -0.2) is 42.0 Å². The number of hydrogen-bond donors (Lipinski definition) is 1. The number of carbonyl (C=O) groups excluding carboxylic acids is 2. The second kappa shape index (κ2) is 8.42. The molecule has 4 rings (SSSR count). The van der Waals surface area contributed by atoms with Crippen molar-refractivity contribution >= 4 is 35.0 Å². The number of nitrogens with zero attached hydrogens (tertiary/aromatic N) is 3. The Labute approximate surface area is 172 Å². The number of ether oxygens (including phenoxy) is 1. The maximum absolute atomic E-state index is 13.1. The Morgan fingerprint density at radius 1 is 1.17 bits per heavy atom. The van der Waals surface area contributed by atoms with E-state index in [1.165, 1.54) is 30.4 Å². The van der Waals surface area contributed by atoms with Gasteiger partial charge in [-0.15, -0.1) is 0 Å². The molecule has 2 amide bonds. The van der Waals surface area contributed by atoms with Crippen molar-refractivity contribution in [2.75, 3.05) is 30.5 Å². The average Bonchev–Trinajstić information content (AvgIpc) is 2.87. The average molecular weight is 406 g/mol. The summed E-state index contributed by atoms with van der Waals surface area (Å²) in [5, 5.41) is 2.84. The summed E-state index contributed by atoms with van der Waals surface area (Å²) in [6.07, 6.45) is 4.39. The van der Waals surface area contributed by atoms with Gasteiger partial charge in [-0.25, -0.2) is 4.98 Å². The Bertz CT molecular complexity index is 1060. The van der Waals surface area contributed by atoms with Gasteiger partial charge in [-0.2, -0.15) is 0 Å². The molecule has 8 heteroatoms. The Morgan fingerprint density at radius 2 is 2.03 bits per heavy atom. The lowest BCUT2D eigenvalue weighted by Crippen LogP contribution is -2.33. The van der Waals surface area contributed by atoms with Gasteiger partial charge in [0.2, 0.25) is 0 Å². The van der Waals surface area contributed by atoms with E-state index in [0.717, 1.165) is 15.5 Å². The van der Waals surface area contributed by atoms with E-state index in [0.29, 0.717) is 24.4 Å². The van der Waals surface area contributed by atoms with Gasteiger partial charge in [-0.1, -0.05) is 23.9 Å². The van der Waals surface area contributed by atoms with E-state index < -0.39 is 0 Å². The first kappa shape index (κ1) is 19.1. The van der Waals surface area contributed by atoms with E-state index in [4.69, 9.17) is 4.74 Å². The molecule has 0 unspecified atom stereocenters. The third-order valence-electron chi connectivity index (χ3n) is 4.41. The van der Waals surface area contributed by atoms with Crippen molar-refractivity contribution in [1.29, 1.82) is 0 Å². The fraction of sp³-hybridized carbons (Fsp3) is 0.143. The van der Waals surface area contributed by atoms with E-state index in [2.05, 4.69) is 15.3 Å². The van der Waals surface area contributed by atoms with Crippen LogP contribution in [0.25, 0.3) is 0 Å². The highest BCUT2D eigenvalue weighted by atomic mass is 32.2. The van der Waals surface area contributed by atoms with Gasteiger partial charge < -0.3 is 15.0 Å².